The van der Waals surface area contributed by atoms with Crippen molar-refractivity contribution in [3.63, 3.8) is 0 Å². The van der Waals surface area contributed by atoms with Gasteiger partial charge >= 0.3 is 5.24 Å². The molecule has 40 valence electrons. The summed E-state index contributed by atoms with van der Waals surface area (Å²) in [6.07, 6.45) is 0. The van der Waals surface area contributed by atoms with E-state index in [1.165, 1.54) is 0 Å². The van der Waals surface area contributed by atoms with E-state index in [1.807, 2.05) is 0 Å². The maximum absolute atomic E-state index is 10.2. The molecule has 1 rings (SSSR count). The Hall–Kier alpha value is -0.220. The summed E-state index contributed by atoms with van der Waals surface area (Å²) in [6, 6.07) is 0. The highest BCUT2D eigenvalue weighted by Crippen LogP contribution is 2.05. The van der Waals surface area contributed by atoms with Crippen molar-refractivity contribution >= 4 is 17.3 Å². The van der Waals surface area contributed by atoms with Crippen molar-refractivity contribution in [1.82, 2.24) is 5.32 Å². The minimum Gasteiger partial charge on any atom is -0.343 e. The number of nitrogens with one attached hydrogen (secondary N) is 1. The second-order valence-electron chi connectivity index (χ2n) is 1.12. The maximum atomic E-state index is 10.2. The van der Waals surface area contributed by atoms with Crippen molar-refractivity contribution in [1.29, 1.82) is 0 Å². The third-order valence-electron chi connectivity index (χ3n) is 0.589. The highest BCUT2D eigenvalue weighted by Gasteiger charge is 2.06. The van der Waals surface area contributed by atoms with Crippen molar-refractivity contribution in [2.24, 2.45) is 0 Å². The first-order chi connectivity index (χ1) is 3.39. The molecule has 1 amide bonds. The average molecular weight is 119 g/mol. The molecule has 0 bridgehead atoms. The van der Waals surface area contributed by atoms with Gasteiger partial charge in [-0.25, -0.2) is 0 Å². The molecule has 4 heteroatoms. The zero-order chi connectivity index (χ0) is 5.11. The summed E-state index contributed by atoms with van der Waals surface area (Å²) in [7, 11) is 0. The van der Waals surface area contributed by atoms with Gasteiger partial charge in [-0.2, -0.15) is 0 Å². The van der Waals surface area contributed by atoms with Crippen LogP contribution in [0.5, 0.6) is 0 Å². The van der Waals surface area contributed by atoms with E-state index in [-0.39, 0.29) is 5.24 Å². The summed E-state index contributed by atoms with van der Waals surface area (Å²) in [4.78, 5) is 10.2. The Kier molecular flexibility index (Phi) is 1.54. The van der Waals surface area contributed by atoms with Gasteiger partial charge in [0.1, 0.15) is 0 Å². The Bertz CT molecular complexity index is 77.0. The maximum Gasteiger partial charge on any atom is 0.306 e. The van der Waals surface area contributed by atoms with Crippen LogP contribution in [0.3, 0.4) is 0 Å². The molecule has 0 radical (unpaired) electrons. The Morgan fingerprint density at radius 2 is 2.71 bits per heavy atom. The van der Waals surface area contributed by atoms with E-state index in [0.717, 1.165) is 12.0 Å². The molecule has 0 aromatic heterocycles. The van der Waals surface area contributed by atoms with Crippen molar-refractivity contribution in [2.75, 3.05) is 13.2 Å². The highest BCUT2D eigenvalue weighted by molar-refractivity contribution is 8.09. The molecule has 7 heavy (non-hydrogen) atoms. The lowest BCUT2D eigenvalue weighted by atomic mass is 10.7. The van der Waals surface area contributed by atoms with Crippen LogP contribution >= 0.6 is 12.0 Å². The summed E-state index contributed by atoms with van der Waals surface area (Å²) in [5, 5.41) is 2.49. The Morgan fingerprint density at radius 3 is 3.00 bits per heavy atom. The predicted octanol–water partition coefficient (Wildman–Crippen LogP) is 0.374. The second kappa shape index (κ2) is 2.18. The van der Waals surface area contributed by atoms with Crippen molar-refractivity contribution < 1.29 is 8.98 Å². The molecule has 3 nitrogen and oxygen atoms in total. The van der Waals surface area contributed by atoms with Gasteiger partial charge in [0.25, 0.3) is 0 Å². The van der Waals surface area contributed by atoms with Gasteiger partial charge in [0.05, 0.1) is 18.6 Å². The number of amides is 1. The monoisotopic (exact) mass is 119 g/mol. The van der Waals surface area contributed by atoms with E-state index < -0.39 is 0 Å². The minimum absolute atomic E-state index is 0.0914. The first kappa shape index (κ1) is 4.93. The van der Waals surface area contributed by atoms with Crippen LogP contribution < -0.4 is 5.32 Å². The lowest BCUT2D eigenvalue weighted by Gasteiger charge is -2.08. The van der Waals surface area contributed by atoms with Crippen LogP contribution in [0.25, 0.3) is 0 Å². The fraction of sp³-hybridized carbons (Fsp3) is 0.667. The molecule has 0 aliphatic carbocycles. The SMILES string of the molecule is O=C1NCCOS1. The van der Waals surface area contributed by atoms with Crippen LogP contribution in [0.15, 0.2) is 0 Å². The normalized spacial score (nSPS) is 21.4. The smallest absolute Gasteiger partial charge is 0.306 e. The van der Waals surface area contributed by atoms with E-state index >= 15 is 0 Å². The summed E-state index contributed by atoms with van der Waals surface area (Å²) in [5.41, 5.74) is 0. The number of hydrogen-bond donors (Lipinski definition) is 1. The van der Waals surface area contributed by atoms with Gasteiger partial charge in [-0.3, -0.25) is 4.79 Å². The lowest BCUT2D eigenvalue weighted by Crippen LogP contribution is -2.27. The quantitative estimate of drug-likeness (QED) is 0.468. The Morgan fingerprint density at radius 1 is 1.86 bits per heavy atom. The first-order valence-electron chi connectivity index (χ1n) is 1.97. The molecule has 0 saturated carbocycles. The molecule has 1 N–H and O–H groups in total. The highest BCUT2D eigenvalue weighted by atomic mass is 32.2. The summed E-state index contributed by atoms with van der Waals surface area (Å²) >= 11 is 0.868. The predicted molar refractivity (Wildman–Crippen MR) is 26.9 cm³/mol. The molecule has 0 aromatic rings. The summed E-state index contributed by atoms with van der Waals surface area (Å²) in [5.74, 6) is 0. The van der Waals surface area contributed by atoms with E-state index in [2.05, 4.69) is 9.50 Å². The largest absolute Gasteiger partial charge is 0.343 e. The topological polar surface area (TPSA) is 38.3 Å². The van der Waals surface area contributed by atoms with Gasteiger partial charge in [-0.15, -0.1) is 0 Å². The standard InChI is InChI=1S/C3H5NO2S/c5-3-4-1-2-6-7-3/h1-2H2,(H,4,5). The second-order valence-corrected chi connectivity index (χ2v) is 1.89. The summed E-state index contributed by atoms with van der Waals surface area (Å²) in [6.45, 7) is 1.27. The Labute approximate surface area is 45.6 Å². The molecule has 0 spiro atoms. The lowest BCUT2D eigenvalue weighted by molar-refractivity contribution is 0.249. The van der Waals surface area contributed by atoms with Crippen molar-refractivity contribution in [3.8, 4) is 0 Å². The molecule has 1 aliphatic heterocycles. The van der Waals surface area contributed by atoms with Crippen LogP contribution in [0, 0.1) is 0 Å². The third-order valence-corrected chi connectivity index (χ3v) is 1.17. The van der Waals surface area contributed by atoms with Crippen LogP contribution in [-0.4, -0.2) is 18.4 Å². The van der Waals surface area contributed by atoms with Gasteiger partial charge in [0.15, 0.2) is 0 Å². The first-order valence-corrected chi connectivity index (χ1v) is 2.71. The third kappa shape index (κ3) is 1.36. The Balaban J connectivity index is 2.25. The van der Waals surface area contributed by atoms with E-state index in [9.17, 15) is 4.79 Å². The number of hydrogen-bond acceptors (Lipinski definition) is 3. The van der Waals surface area contributed by atoms with Crippen molar-refractivity contribution in [3.05, 3.63) is 0 Å². The van der Waals surface area contributed by atoms with Crippen LogP contribution in [0.1, 0.15) is 0 Å². The molecule has 1 heterocycles. The van der Waals surface area contributed by atoms with Gasteiger partial charge in [-0.1, -0.05) is 0 Å². The molecule has 0 unspecified atom stereocenters. The van der Waals surface area contributed by atoms with E-state index in [1.54, 1.807) is 0 Å². The molecule has 1 fully saturated rings. The van der Waals surface area contributed by atoms with E-state index in [4.69, 9.17) is 0 Å². The van der Waals surface area contributed by atoms with Crippen LogP contribution in [-0.2, 0) is 4.18 Å². The average Bonchev–Trinajstić information content (AvgIpc) is 1.69. The van der Waals surface area contributed by atoms with E-state index in [0.29, 0.717) is 13.2 Å². The van der Waals surface area contributed by atoms with Gasteiger partial charge in [0, 0.05) is 6.54 Å². The van der Waals surface area contributed by atoms with Gasteiger partial charge < -0.3 is 9.50 Å². The van der Waals surface area contributed by atoms with Crippen molar-refractivity contribution in [2.45, 2.75) is 0 Å². The van der Waals surface area contributed by atoms with Gasteiger partial charge in [-0.05, 0) is 0 Å². The fourth-order valence-corrected chi connectivity index (χ4v) is 0.754. The molecule has 1 aliphatic rings. The zero-order valence-corrected chi connectivity index (χ0v) is 4.46. The molecular weight excluding hydrogens is 114 g/mol. The number of carbonyl (C=O) groups is 1. The molecule has 1 saturated heterocycles. The zero-order valence-electron chi connectivity index (χ0n) is 3.64. The fourth-order valence-electron chi connectivity index (χ4n) is 0.319. The molecule has 0 atom stereocenters. The minimum atomic E-state index is -0.0914. The number of carbonyl (C=O) groups excluding carboxylic acids is 1. The molecular formula is C3H5NO2S. The summed E-state index contributed by atoms with van der Waals surface area (Å²) < 4.78 is 4.69. The molecule has 0 aromatic carbocycles. The number of rotatable bonds is 0. The van der Waals surface area contributed by atoms with Gasteiger partial charge in [0.2, 0.25) is 0 Å². The van der Waals surface area contributed by atoms with Crippen LogP contribution in [0.2, 0.25) is 0 Å². The van der Waals surface area contributed by atoms with Crippen LogP contribution in [0.4, 0.5) is 4.79 Å².